The second-order valence-electron chi connectivity index (χ2n) is 7.12. The molecule has 0 bridgehead atoms. The zero-order valence-corrected chi connectivity index (χ0v) is 19.1. The maximum absolute atomic E-state index is 5.81. The first-order chi connectivity index (χ1) is 13.5. The molecule has 6 heteroatoms. The van der Waals surface area contributed by atoms with Gasteiger partial charge < -0.3 is 15.2 Å². The lowest BCUT2D eigenvalue weighted by atomic mass is 9.96. The van der Waals surface area contributed by atoms with Crippen LogP contribution in [0.1, 0.15) is 47.2 Å². The number of aryl methyl sites for hydroxylation is 3. The molecule has 4 nitrogen and oxygen atoms in total. The Bertz CT molecular complexity index is 997. The molecule has 2 unspecified atom stereocenters. The fraction of sp³-hybridized carbons (Fsp3) is 0.273. The lowest BCUT2D eigenvalue weighted by molar-refractivity contribution is 0.564. The molecule has 2 N–H and O–H groups in total. The SMILES string of the molecule is CCc1ccc(N2C(=S)NC(c3ccccn3)C2c2c(C)[nH]c(C)c2I)cc1. The van der Waals surface area contributed by atoms with Crippen molar-refractivity contribution in [3.63, 3.8) is 0 Å². The molecule has 0 radical (unpaired) electrons. The van der Waals surface area contributed by atoms with Gasteiger partial charge in [-0.05, 0) is 84.9 Å². The molecule has 144 valence electrons. The fourth-order valence-corrected chi connectivity index (χ4v) is 5.14. The number of nitrogens with one attached hydrogen (secondary N) is 2. The lowest BCUT2D eigenvalue weighted by Crippen LogP contribution is -2.29. The molecule has 1 aromatic carbocycles. The van der Waals surface area contributed by atoms with E-state index in [-0.39, 0.29) is 12.1 Å². The number of anilines is 1. The van der Waals surface area contributed by atoms with E-state index in [0.717, 1.165) is 22.9 Å². The molecule has 2 aromatic heterocycles. The van der Waals surface area contributed by atoms with Gasteiger partial charge in [-0.15, -0.1) is 0 Å². The highest BCUT2D eigenvalue weighted by molar-refractivity contribution is 14.1. The predicted octanol–water partition coefficient (Wildman–Crippen LogP) is 5.37. The first-order valence-corrected chi connectivity index (χ1v) is 10.9. The Hall–Kier alpha value is -1.93. The van der Waals surface area contributed by atoms with Crippen molar-refractivity contribution in [2.45, 2.75) is 39.3 Å². The molecule has 1 saturated heterocycles. The summed E-state index contributed by atoms with van der Waals surface area (Å²) in [6.07, 6.45) is 2.87. The van der Waals surface area contributed by atoms with Crippen LogP contribution in [0.15, 0.2) is 48.7 Å². The van der Waals surface area contributed by atoms with Crippen LogP contribution in [-0.2, 0) is 6.42 Å². The maximum atomic E-state index is 5.81. The van der Waals surface area contributed by atoms with E-state index in [4.69, 9.17) is 12.2 Å². The van der Waals surface area contributed by atoms with Gasteiger partial charge in [0.25, 0.3) is 0 Å². The van der Waals surface area contributed by atoms with Crippen LogP contribution < -0.4 is 10.2 Å². The zero-order valence-electron chi connectivity index (χ0n) is 16.2. The molecule has 0 amide bonds. The van der Waals surface area contributed by atoms with Crippen LogP contribution in [0.5, 0.6) is 0 Å². The van der Waals surface area contributed by atoms with E-state index in [1.807, 2.05) is 18.3 Å². The van der Waals surface area contributed by atoms with Crippen molar-refractivity contribution in [3.8, 4) is 0 Å². The summed E-state index contributed by atoms with van der Waals surface area (Å²) in [7, 11) is 0. The number of nitrogens with zero attached hydrogens (tertiary/aromatic N) is 2. The molecule has 3 aromatic rings. The standard InChI is InChI=1S/C22H23IN4S/c1-4-15-8-10-16(11-9-15)27-21(18-13(2)25-14(3)19(18)23)20(26-22(27)28)17-7-5-6-12-24-17/h5-12,20-21,25H,4H2,1-3H3,(H,26,28). The molecule has 28 heavy (non-hydrogen) atoms. The van der Waals surface area contributed by atoms with Crippen LogP contribution in [-0.4, -0.2) is 15.1 Å². The van der Waals surface area contributed by atoms with E-state index in [9.17, 15) is 0 Å². The smallest absolute Gasteiger partial charge is 0.174 e. The number of hydrogen-bond donors (Lipinski definition) is 2. The Morgan fingerprint density at radius 2 is 1.86 bits per heavy atom. The summed E-state index contributed by atoms with van der Waals surface area (Å²) in [4.78, 5) is 10.4. The van der Waals surface area contributed by atoms with Crippen molar-refractivity contribution in [2.75, 3.05) is 4.90 Å². The summed E-state index contributed by atoms with van der Waals surface area (Å²) in [6, 6.07) is 14.8. The van der Waals surface area contributed by atoms with Crippen molar-refractivity contribution < 1.29 is 0 Å². The number of H-pyrrole nitrogens is 1. The quantitative estimate of drug-likeness (QED) is 0.372. The third-order valence-corrected chi connectivity index (χ3v) is 7.07. The van der Waals surface area contributed by atoms with Crippen LogP contribution >= 0.6 is 34.8 Å². The highest BCUT2D eigenvalue weighted by atomic mass is 127. The summed E-state index contributed by atoms with van der Waals surface area (Å²) in [6.45, 7) is 6.43. The summed E-state index contributed by atoms with van der Waals surface area (Å²) >= 11 is 8.25. The van der Waals surface area contributed by atoms with Crippen molar-refractivity contribution in [2.24, 2.45) is 0 Å². The molecular weight excluding hydrogens is 479 g/mol. The number of aromatic nitrogens is 2. The Labute approximate surface area is 184 Å². The molecule has 0 saturated carbocycles. The van der Waals surface area contributed by atoms with E-state index in [2.05, 4.69) is 93.9 Å². The Morgan fingerprint density at radius 3 is 2.43 bits per heavy atom. The third kappa shape index (κ3) is 3.33. The Kier molecular flexibility index (Phi) is 5.42. The second kappa shape index (κ2) is 7.83. The Balaban J connectivity index is 1.87. The summed E-state index contributed by atoms with van der Waals surface area (Å²) in [5.74, 6) is 0. The van der Waals surface area contributed by atoms with E-state index in [1.165, 1.54) is 26.1 Å². The predicted molar refractivity (Wildman–Crippen MR) is 127 cm³/mol. The normalized spacial score (nSPS) is 19.1. The van der Waals surface area contributed by atoms with Crippen molar-refractivity contribution in [3.05, 3.63) is 80.4 Å². The minimum atomic E-state index is -0.0121. The number of hydrogen-bond acceptors (Lipinski definition) is 2. The van der Waals surface area contributed by atoms with Crippen molar-refractivity contribution >= 4 is 45.6 Å². The molecule has 2 atom stereocenters. The van der Waals surface area contributed by atoms with Gasteiger partial charge in [-0.2, -0.15) is 0 Å². The average Bonchev–Trinajstić information content (AvgIpc) is 3.17. The van der Waals surface area contributed by atoms with Crippen LogP contribution in [0.25, 0.3) is 0 Å². The van der Waals surface area contributed by atoms with Gasteiger partial charge in [0.15, 0.2) is 5.11 Å². The maximum Gasteiger partial charge on any atom is 0.174 e. The monoisotopic (exact) mass is 502 g/mol. The molecule has 0 spiro atoms. The summed E-state index contributed by atoms with van der Waals surface area (Å²) in [5, 5.41) is 4.27. The first-order valence-electron chi connectivity index (χ1n) is 9.45. The van der Waals surface area contributed by atoms with Gasteiger partial charge in [0.1, 0.15) is 0 Å². The average molecular weight is 502 g/mol. The lowest BCUT2D eigenvalue weighted by Gasteiger charge is -2.28. The van der Waals surface area contributed by atoms with Crippen molar-refractivity contribution in [1.82, 2.24) is 15.3 Å². The van der Waals surface area contributed by atoms with E-state index in [1.54, 1.807) is 0 Å². The number of halogens is 1. The minimum absolute atomic E-state index is 0.0121. The van der Waals surface area contributed by atoms with Gasteiger partial charge >= 0.3 is 0 Å². The number of thiocarbonyl (C=S) groups is 1. The number of pyridine rings is 1. The molecule has 4 rings (SSSR count). The van der Waals surface area contributed by atoms with Crippen LogP contribution in [0, 0.1) is 17.4 Å². The van der Waals surface area contributed by atoms with Crippen LogP contribution in [0.4, 0.5) is 5.69 Å². The molecule has 3 heterocycles. The minimum Gasteiger partial charge on any atom is -0.362 e. The zero-order chi connectivity index (χ0) is 19.8. The molecule has 1 aliphatic heterocycles. The second-order valence-corrected chi connectivity index (χ2v) is 8.58. The van der Waals surface area contributed by atoms with Crippen LogP contribution in [0.3, 0.4) is 0 Å². The number of benzene rings is 1. The van der Waals surface area contributed by atoms with Gasteiger partial charge in [0, 0.05) is 32.4 Å². The first kappa shape index (κ1) is 19.4. The Morgan fingerprint density at radius 1 is 1.11 bits per heavy atom. The van der Waals surface area contributed by atoms with Gasteiger partial charge in [-0.25, -0.2) is 0 Å². The number of aromatic amines is 1. The summed E-state index contributed by atoms with van der Waals surface area (Å²) in [5.41, 5.74) is 7.06. The van der Waals surface area contributed by atoms with E-state index >= 15 is 0 Å². The molecule has 1 fully saturated rings. The van der Waals surface area contributed by atoms with E-state index in [0.29, 0.717) is 0 Å². The largest absolute Gasteiger partial charge is 0.362 e. The molecule has 0 aliphatic carbocycles. The van der Waals surface area contributed by atoms with Gasteiger partial charge in [0.05, 0.1) is 17.8 Å². The highest BCUT2D eigenvalue weighted by Crippen LogP contribution is 2.44. The summed E-state index contributed by atoms with van der Waals surface area (Å²) < 4.78 is 1.25. The van der Waals surface area contributed by atoms with Gasteiger partial charge in [-0.1, -0.05) is 25.1 Å². The van der Waals surface area contributed by atoms with Crippen molar-refractivity contribution in [1.29, 1.82) is 0 Å². The molecule has 1 aliphatic rings. The fourth-order valence-electron chi connectivity index (χ4n) is 3.94. The number of rotatable bonds is 4. The van der Waals surface area contributed by atoms with Gasteiger partial charge in [-0.3, -0.25) is 4.98 Å². The van der Waals surface area contributed by atoms with Crippen LogP contribution in [0.2, 0.25) is 0 Å². The molecular formula is C22H23IN4S. The third-order valence-electron chi connectivity index (χ3n) is 5.36. The highest BCUT2D eigenvalue weighted by Gasteiger charge is 2.42. The van der Waals surface area contributed by atoms with Gasteiger partial charge in [0.2, 0.25) is 0 Å². The topological polar surface area (TPSA) is 44.0 Å². The van der Waals surface area contributed by atoms with E-state index < -0.39 is 0 Å².